The molecule has 3 N–H and O–H groups in total. The number of anilines is 2. The Morgan fingerprint density at radius 3 is 2.89 bits per heavy atom. The van der Waals surface area contributed by atoms with E-state index in [1.165, 1.54) is 0 Å². The lowest BCUT2D eigenvalue weighted by atomic mass is 10.3. The number of hydrogen-bond acceptors (Lipinski definition) is 6. The molecule has 1 aromatic rings. The Morgan fingerprint density at radius 1 is 1.53 bits per heavy atom. The maximum atomic E-state index is 11.2. The molecule has 1 rings (SSSR count). The molecular weight excluding hydrogens is 246 g/mol. The van der Waals surface area contributed by atoms with Crippen molar-refractivity contribution < 1.29 is 9.53 Å². The summed E-state index contributed by atoms with van der Waals surface area (Å²) in [6, 6.07) is 1.68. The summed E-state index contributed by atoms with van der Waals surface area (Å²) in [4.78, 5) is 21.5. The summed E-state index contributed by atoms with van der Waals surface area (Å²) in [7, 11) is 3.47. The van der Waals surface area contributed by atoms with E-state index in [2.05, 4.69) is 15.3 Å². The van der Waals surface area contributed by atoms with E-state index in [0.717, 1.165) is 0 Å². The Bertz CT molecular complexity index is 425. The summed E-state index contributed by atoms with van der Waals surface area (Å²) < 4.78 is 5.26. The second-order valence-corrected chi connectivity index (χ2v) is 4.05. The molecule has 0 unspecified atom stereocenters. The van der Waals surface area contributed by atoms with Crippen molar-refractivity contribution in [1.82, 2.24) is 15.3 Å². The zero-order valence-corrected chi connectivity index (χ0v) is 11.6. The molecule has 0 saturated heterocycles. The van der Waals surface area contributed by atoms with Gasteiger partial charge in [-0.1, -0.05) is 0 Å². The number of ether oxygens (including phenoxy) is 1. The van der Waals surface area contributed by atoms with Crippen molar-refractivity contribution in [2.75, 3.05) is 37.9 Å². The highest BCUT2D eigenvalue weighted by atomic mass is 16.5. The topological polar surface area (TPSA) is 93.4 Å². The molecule has 0 bridgehead atoms. The summed E-state index contributed by atoms with van der Waals surface area (Å²) in [6.45, 7) is 3.39. The predicted molar refractivity (Wildman–Crippen MR) is 73.7 cm³/mol. The number of nitrogen functional groups attached to an aromatic ring is 1. The van der Waals surface area contributed by atoms with Crippen LogP contribution in [0.5, 0.6) is 0 Å². The van der Waals surface area contributed by atoms with Gasteiger partial charge >= 0.3 is 0 Å². The van der Waals surface area contributed by atoms with Crippen molar-refractivity contribution >= 4 is 17.5 Å². The summed E-state index contributed by atoms with van der Waals surface area (Å²) in [5, 5.41) is 2.58. The fourth-order valence-corrected chi connectivity index (χ4v) is 1.47. The van der Waals surface area contributed by atoms with Gasteiger partial charge in [-0.15, -0.1) is 0 Å². The van der Waals surface area contributed by atoms with Gasteiger partial charge in [-0.3, -0.25) is 4.79 Å². The zero-order chi connectivity index (χ0) is 14.3. The van der Waals surface area contributed by atoms with Gasteiger partial charge in [0, 0.05) is 39.7 Å². The molecule has 1 heterocycles. The van der Waals surface area contributed by atoms with Crippen molar-refractivity contribution in [3.8, 4) is 0 Å². The van der Waals surface area contributed by atoms with Gasteiger partial charge in [-0.05, 0) is 6.92 Å². The van der Waals surface area contributed by atoms with Crippen LogP contribution >= 0.6 is 0 Å². The fourth-order valence-electron chi connectivity index (χ4n) is 1.47. The van der Waals surface area contributed by atoms with Gasteiger partial charge < -0.3 is 20.7 Å². The van der Waals surface area contributed by atoms with E-state index < -0.39 is 0 Å². The molecule has 106 valence electrons. The third-order valence-corrected chi connectivity index (χ3v) is 2.56. The first-order valence-electron chi connectivity index (χ1n) is 6.19. The minimum Gasteiger partial charge on any atom is -0.384 e. The molecule has 19 heavy (non-hydrogen) atoms. The van der Waals surface area contributed by atoms with Crippen LogP contribution in [0.4, 0.5) is 11.6 Å². The number of nitrogens with two attached hydrogens (primary N) is 1. The summed E-state index contributed by atoms with van der Waals surface area (Å²) in [5.41, 5.74) is 5.74. The maximum Gasteiger partial charge on any atom is 0.221 e. The van der Waals surface area contributed by atoms with Gasteiger partial charge in [0.2, 0.25) is 5.91 Å². The number of carbonyl (C=O) groups is 1. The van der Waals surface area contributed by atoms with Crippen molar-refractivity contribution in [3.63, 3.8) is 0 Å². The number of rotatable bonds is 7. The third kappa shape index (κ3) is 5.09. The van der Waals surface area contributed by atoms with E-state index in [1.54, 1.807) is 13.1 Å². The average molecular weight is 267 g/mol. The molecule has 0 aliphatic rings. The van der Waals surface area contributed by atoms with E-state index in [9.17, 15) is 4.79 Å². The van der Waals surface area contributed by atoms with Crippen LogP contribution in [-0.4, -0.2) is 43.1 Å². The first-order valence-corrected chi connectivity index (χ1v) is 6.19. The molecule has 0 saturated carbocycles. The highest BCUT2D eigenvalue weighted by Gasteiger charge is 2.08. The molecule has 0 aromatic carbocycles. The second-order valence-electron chi connectivity index (χ2n) is 4.05. The molecule has 1 amide bonds. The van der Waals surface area contributed by atoms with Crippen LogP contribution in [0.25, 0.3) is 0 Å². The van der Waals surface area contributed by atoms with Gasteiger partial charge in [-0.25, -0.2) is 9.97 Å². The number of aromatic nitrogens is 2. The van der Waals surface area contributed by atoms with Crippen molar-refractivity contribution in [3.05, 3.63) is 11.9 Å². The van der Waals surface area contributed by atoms with E-state index in [1.807, 2.05) is 18.9 Å². The van der Waals surface area contributed by atoms with E-state index in [-0.39, 0.29) is 5.91 Å². The molecular formula is C12H21N5O2. The van der Waals surface area contributed by atoms with Crippen LogP contribution in [-0.2, 0) is 16.1 Å². The highest BCUT2D eigenvalue weighted by Crippen LogP contribution is 2.13. The van der Waals surface area contributed by atoms with Crippen LogP contribution in [0.2, 0.25) is 0 Å². The van der Waals surface area contributed by atoms with Gasteiger partial charge in [0.1, 0.15) is 18.2 Å². The van der Waals surface area contributed by atoms with Gasteiger partial charge in [0.25, 0.3) is 0 Å². The molecule has 7 nitrogen and oxygen atoms in total. The van der Waals surface area contributed by atoms with E-state index >= 15 is 0 Å². The minimum absolute atomic E-state index is 0.0107. The molecule has 1 aromatic heterocycles. The maximum absolute atomic E-state index is 11.2. The molecule has 0 fully saturated rings. The molecule has 0 aliphatic heterocycles. The standard InChI is InChI=1S/C12H21N5O2/c1-4-19-8-10-15-9(13)7-11(16-10)17(3)6-5-12(18)14-2/h7H,4-6,8H2,1-3H3,(H,14,18)(H2,13,15,16). The SMILES string of the molecule is CCOCc1nc(N)cc(N(C)CCC(=O)NC)n1. The Morgan fingerprint density at radius 2 is 2.26 bits per heavy atom. The van der Waals surface area contributed by atoms with Crippen molar-refractivity contribution in [1.29, 1.82) is 0 Å². The first-order chi connectivity index (χ1) is 9.06. The number of hydrogen-bond donors (Lipinski definition) is 2. The van der Waals surface area contributed by atoms with Crippen LogP contribution in [0, 0.1) is 0 Å². The fraction of sp³-hybridized carbons (Fsp3) is 0.583. The van der Waals surface area contributed by atoms with Crippen LogP contribution in [0.3, 0.4) is 0 Å². The lowest BCUT2D eigenvalue weighted by Gasteiger charge is -2.18. The highest BCUT2D eigenvalue weighted by molar-refractivity contribution is 5.76. The first kappa shape index (κ1) is 15.2. The normalized spacial score (nSPS) is 10.3. The van der Waals surface area contributed by atoms with Crippen molar-refractivity contribution in [2.24, 2.45) is 0 Å². The average Bonchev–Trinajstić information content (AvgIpc) is 2.41. The van der Waals surface area contributed by atoms with Gasteiger partial charge in [0.05, 0.1) is 0 Å². The van der Waals surface area contributed by atoms with E-state index in [4.69, 9.17) is 10.5 Å². The quantitative estimate of drug-likeness (QED) is 0.731. The number of amides is 1. The predicted octanol–water partition coefficient (Wildman–Crippen LogP) is 0.168. The summed E-state index contributed by atoms with van der Waals surface area (Å²) >= 11 is 0. The second kappa shape index (κ2) is 7.52. The number of nitrogens with one attached hydrogen (secondary N) is 1. The monoisotopic (exact) mass is 267 g/mol. The lowest BCUT2D eigenvalue weighted by molar-refractivity contribution is -0.120. The van der Waals surface area contributed by atoms with Gasteiger partial charge in [-0.2, -0.15) is 0 Å². The van der Waals surface area contributed by atoms with E-state index in [0.29, 0.717) is 43.6 Å². The van der Waals surface area contributed by atoms with Gasteiger partial charge in [0.15, 0.2) is 5.82 Å². The Kier molecular flexibility index (Phi) is 6.01. The van der Waals surface area contributed by atoms with Crippen LogP contribution in [0.1, 0.15) is 19.2 Å². The minimum atomic E-state index is -0.0107. The Labute approximate surface area is 113 Å². The molecule has 0 aliphatic carbocycles. The molecule has 0 radical (unpaired) electrons. The number of nitrogens with zero attached hydrogens (tertiary/aromatic N) is 3. The molecule has 0 spiro atoms. The number of carbonyl (C=O) groups excluding carboxylic acids is 1. The zero-order valence-electron chi connectivity index (χ0n) is 11.6. The van der Waals surface area contributed by atoms with Crippen LogP contribution < -0.4 is 16.0 Å². The summed E-state index contributed by atoms with van der Waals surface area (Å²) in [5.74, 6) is 1.62. The molecule has 0 atom stereocenters. The Balaban J connectivity index is 2.70. The smallest absolute Gasteiger partial charge is 0.221 e. The van der Waals surface area contributed by atoms with Crippen LogP contribution in [0.15, 0.2) is 6.07 Å². The Hall–Kier alpha value is -1.89. The lowest BCUT2D eigenvalue weighted by Crippen LogP contribution is -2.27. The van der Waals surface area contributed by atoms with Crippen molar-refractivity contribution in [2.45, 2.75) is 20.0 Å². The largest absolute Gasteiger partial charge is 0.384 e. The third-order valence-electron chi connectivity index (χ3n) is 2.56. The summed E-state index contributed by atoms with van der Waals surface area (Å²) in [6.07, 6.45) is 0.400. The molecule has 7 heteroatoms.